The molecule has 4 aliphatic carbocycles. The number of nitrogens with zero attached hydrogens (tertiary/aromatic N) is 1. The number of amides is 1. The van der Waals surface area contributed by atoms with Crippen LogP contribution >= 0.6 is 0 Å². The molecule has 4 saturated carbocycles. The van der Waals surface area contributed by atoms with E-state index < -0.39 is 24.4 Å². The Kier molecular flexibility index (Phi) is 10.0. The van der Waals surface area contributed by atoms with Gasteiger partial charge in [-0.25, -0.2) is 9.78 Å². The Bertz CT molecular complexity index is 1240. The van der Waals surface area contributed by atoms with Crippen molar-refractivity contribution in [2.45, 2.75) is 128 Å². The van der Waals surface area contributed by atoms with Crippen molar-refractivity contribution in [1.82, 2.24) is 10.3 Å². The molecule has 3 N–H and O–H groups in total. The number of aliphatic hydroxyl groups excluding tert-OH is 2. The summed E-state index contributed by atoms with van der Waals surface area (Å²) >= 11 is 0. The molecule has 7 heteroatoms. The lowest BCUT2D eigenvalue weighted by Gasteiger charge is -2.42. The summed E-state index contributed by atoms with van der Waals surface area (Å²) in [5.41, 5.74) is 3.05. The van der Waals surface area contributed by atoms with Crippen LogP contribution in [0.5, 0.6) is 0 Å². The van der Waals surface area contributed by atoms with Crippen LogP contribution in [0, 0.1) is 17.3 Å². The maximum atomic E-state index is 12.6. The highest BCUT2D eigenvalue weighted by Crippen LogP contribution is 2.59. The van der Waals surface area contributed by atoms with Crippen molar-refractivity contribution in [3.63, 3.8) is 0 Å². The maximum Gasteiger partial charge on any atom is 0.407 e. The van der Waals surface area contributed by atoms with Gasteiger partial charge in [-0.3, -0.25) is 0 Å². The van der Waals surface area contributed by atoms with E-state index in [1.807, 2.05) is 13.1 Å². The third-order valence-electron chi connectivity index (χ3n) is 10.8. The first-order valence-electron chi connectivity index (χ1n) is 16.7. The lowest BCUT2D eigenvalue weighted by atomic mass is 9.63. The Morgan fingerprint density at radius 3 is 2.81 bits per heavy atom. The summed E-state index contributed by atoms with van der Waals surface area (Å²) in [5, 5.41) is 23.2. The Hall–Kier alpha value is -2.64. The van der Waals surface area contributed by atoms with Gasteiger partial charge in [0.05, 0.1) is 23.8 Å². The number of fused-ring (bicyclic) bond motifs is 1. The summed E-state index contributed by atoms with van der Waals surface area (Å²) in [5.74, 6) is 2.70. The normalized spacial score (nSPS) is 32.7. The van der Waals surface area contributed by atoms with Gasteiger partial charge in [0.15, 0.2) is 0 Å². The Balaban J connectivity index is 1.29. The molecule has 0 aliphatic heterocycles. The van der Waals surface area contributed by atoms with Crippen molar-refractivity contribution in [2.75, 3.05) is 6.54 Å². The number of hydrogen-bond acceptors (Lipinski definition) is 6. The van der Waals surface area contributed by atoms with Gasteiger partial charge in [0.25, 0.3) is 0 Å². The van der Waals surface area contributed by atoms with Crippen molar-refractivity contribution >= 4 is 6.09 Å². The number of ether oxygens (including phenoxy) is 1. The van der Waals surface area contributed by atoms with Crippen LogP contribution in [0.25, 0.3) is 0 Å². The molecule has 4 aliphatic rings. The summed E-state index contributed by atoms with van der Waals surface area (Å²) in [6.45, 7) is 11.1. The van der Waals surface area contributed by atoms with Crippen LogP contribution in [0.2, 0.25) is 0 Å². The largest absolute Gasteiger partial charge is 0.445 e. The molecule has 1 amide bonds. The van der Waals surface area contributed by atoms with E-state index in [4.69, 9.17) is 9.15 Å². The summed E-state index contributed by atoms with van der Waals surface area (Å²) in [6, 6.07) is 0. The summed E-state index contributed by atoms with van der Waals surface area (Å²) in [7, 11) is 0. The molecule has 0 radical (unpaired) electrons. The molecule has 0 aromatic carbocycles. The second-order valence-electron chi connectivity index (χ2n) is 13.7. The molecule has 4 fully saturated rings. The van der Waals surface area contributed by atoms with Crippen LogP contribution in [0.4, 0.5) is 4.79 Å². The minimum absolute atomic E-state index is 0.222. The number of alkyl carbamates (subject to hydrolysis) is 1. The smallest absolute Gasteiger partial charge is 0.407 e. The van der Waals surface area contributed by atoms with Gasteiger partial charge in [-0.2, -0.15) is 0 Å². The second-order valence-corrected chi connectivity index (χ2v) is 13.7. The molecule has 7 nitrogen and oxygen atoms in total. The average Bonchev–Trinajstić information content (AvgIpc) is 3.51. The summed E-state index contributed by atoms with van der Waals surface area (Å²) in [4.78, 5) is 17.2. The molecule has 4 unspecified atom stereocenters. The highest BCUT2D eigenvalue weighted by molar-refractivity contribution is 5.67. The number of aliphatic hydroxyl groups is 2. The van der Waals surface area contributed by atoms with Crippen LogP contribution in [0.3, 0.4) is 0 Å². The van der Waals surface area contributed by atoms with Crippen LogP contribution in [-0.2, 0) is 16.6 Å². The molecule has 0 bridgehead atoms. The second kappa shape index (κ2) is 13.6. The van der Waals surface area contributed by atoms with Crippen LogP contribution in [0.15, 0.2) is 58.2 Å². The first-order valence-corrected chi connectivity index (χ1v) is 16.7. The Morgan fingerprint density at radius 1 is 1.26 bits per heavy atom. The van der Waals surface area contributed by atoms with E-state index in [0.717, 1.165) is 61.9 Å². The van der Waals surface area contributed by atoms with E-state index in [1.54, 1.807) is 0 Å². The molecule has 1 aromatic heterocycles. The summed E-state index contributed by atoms with van der Waals surface area (Å²) in [6.07, 6.45) is 21.2. The molecular formula is C36H52N2O5. The number of carbonyl (C=O) groups excluding carboxylic acids is 1. The quantitative estimate of drug-likeness (QED) is 0.234. The van der Waals surface area contributed by atoms with E-state index in [9.17, 15) is 15.0 Å². The lowest BCUT2D eigenvalue weighted by molar-refractivity contribution is 0.0862. The molecule has 0 spiro atoms. The average molecular weight is 593 g/mol. The number of allylic oxidation sites excluding steroid dienone is 4. The third kappa shape index (κ3) is 6.88. The number of nitrogens with one attached hydrogen (secondary N) is 1. The van der Waals surface area contributed by atoms with Gasteiger partial charge in [-0.15, -0.1) is 0 Å². The predicted molar refractivity (Wildman–Crippen MR) is 168 cm³/mol. The number of oxazole rings is 1. The Morgan fingerprint density at radius 2 is 2.07 bits per heavy atom. The molecule has 1 heterocycles. The monoisotopic (exact) mass is 592 g/mol. The van der Waals surface area contributed by atoms with Crippen molar-refractivity contribution in [1.29, 1.82) is 0 Å². The molecule has 5 rings (SSSR count). The zero-order chi connectivity index (χ0) is 30.6. The number of aromatic nitrogens is 1. The minimum atomic E-state index is -0.657. The van der Waals surface area contributed by atoms with Gasteiger partial charge in [-0.1, -0.05) is 50.6 Å². The zero-order valence-electron chi connectivity index (χ0n) is 26.4. The van der Waals surface area contributed by atoms with E-state index in [1.165, 1.54) is 31.3 Å². The SMILES string of the molecule is C=C1/C(=C\C=C2/CCCC3(C)C(C/C=C/C(OC(=O)NCC)C4(c5ncc(CCCC)o5)CC4)CCC23)C[C@@H](O)C[C@@H]1O. The standard InChI is InChI=1S/C36H52N2O5/c1-5-7-12-29-23-38-33(42-29)36(19-20-36)32(43-34(41)37-6-2)13-8-11-27-16-17-30-25(10-9-18-35(27,30)4)14-15-26-21-28(39)22-31(40)24(26)3/h8,13-15,23,27-28,30-32,39-40H,3,5-7,9-12,16-22H2,1-2,4H3,(H,37,41)/b13-8+,25-14+,26-15-/t27?,28-,30?,31+,32?,35?/m1/s1. The zero-order valence-corrected chi connectivity index (χ0v) is 26.4. The molecule has 6 atom stereocenters. The topological polar surface area (TPSA) is 105 Å². The fraction of sp³-hybridized carbons (Fsp3) is 0.667. The highest BCUT2D eigenvalue weighted by atomic mass is 16.6. The molecule has 236 valence electrons. The number of unbranched alkanes of at least 4 members (excludes halogenated alkanes) is 1. The third-order valence-corrected chi connectivity index (χ3v) is 10.8. The van der Waals surface area contributed by atoms with Gasteiger partial charge in [0.2, 0.25) is 5.89 Å². The van der Waals surface area contributed by atoms with E-state index >= 15 is 0 Å². The lowest BCUT2D eigenvalue weighted by Crippen LogP contribution is -2.35. The number of aryl methyl sites for hydroxylation is 1. The molecule has 43 heavy (non-hydrogen) atoms. The van der Waals surface area contributed by atoms with Crippen LogP contribution < -0.4 is 5.32 Å². The predicted octanol–water partition coefficient (Wildman–Crippen LogP) is 7.25. The molecule has 0 saturated heterocycles. The first kappa shape index (κ1) is 31.8. The van der Waals surface area contributed by atoms with Gasteiger partial charge in [-0.05, 0) is 106 Å². The number of carbonyl (C=O) groups is 1. The maximum absolute atomic E-state index is 12.6. The van der Waals surface area contributed by atoms with Gasteiger partial charge >= 0.3 is 6.09 Å². The van der Waals surface area contributed by atoms with Crippen LogP contribution in [-0.4, -0.2) is 46.1 Å². The van der Waals surface area contributed by atoms with Gasteiger partial charge in [0, 0.05) is 19.4 Å². The van der Waals surface area contributed by atoms with Crippen LogP contribution in [0.1, 0.15) is 109 Å². The van der Waals surface area contributed by atoms with Crippen molar-refractivity contribution in [3.8, 4) is 0 Å². The van der Waals surface area contributed by atoms with Crippen molar-refractivity contribution < 1.29 is 24.2 Å². The fourth-order valence-electron chi connectivity index (χ4n) is 7.96. The first-order chi connectivity index (χ1) is 20.7. The molecule has 1 aromatic rings. The number of hydrogen-bond donors (Lipinski definition) is 3. The van der Waals surface area contributed by atoms with E-state index in [-0.39, 0.29) is 10.8 Å². The highest BCUT2D eigenvalue weighted by Gasteiger charge is 2.56. The summed E-state index contributed by atoms with van der Waals surface area (Å²) < 4.78 is 12.2. The van der Waals surface area contributed by atoms with Crippen molar-refractivity contribution in [2.24, 2.45) is 17.3 Å². The van der Waals surface area contributed by atoms with Gasteiger partial charge < -0.3 is 24.7 Å². The molecular weight excluding hydrogens is 540 g/mol. The van der Waals surface area contributed by atoms with E-state index in [2.05, 4.69) is 55.0 Å². The van der Waals surface area contributed by atoms with Crippen molar-refractivity contribution in [3.05, 3.63) is 65.5 Å². The van der Waals surface area contributed by atoms with Gasteiger partial charge in [0.1, 0.15) is 11.9 Å². The fourth-order valence-corrected chi connectivity index (χ4v) is 7.96. The number of rotatable bonds is 11. The Labute approximate surface area is 257 Å². The minimum Gasteiger partial charge on any atom is -0.445 e. The van der Waals surface area contributed by atoms with E-state index in [0.29, 0.717) is 37.1 Å².